The number of hydrogen-bond donors (Lipinski definition) is 1. The first-order chi connectivity index (χ1) is 9.72. The normalized spacial score (nSPS) is 18.1. The van der Waals surface area contributed by atoms with Gasteiger partial charge in [0, 0.05) is 6.04 Å². The fourth-order valence-electron chi connectivity index (χ4n) is 3.18. The van der Waals surface area contributed by atoms with Gasteiger partial charge in [-0.1, -0.05) is 51.2 Å². The summed E-state index contributed by atoms with van der Waals surface area (Å²) in [5.41, 5.74) is 1.07. The minimum Gasteiger partial charge on any atom is -0.310 e. The van der Waals surface area contributed by atoms with Crippen molar-refractivity contribution in [3.8, 4) is 0 Å². The molecule has 112 valence electrons. The van der Waals surface area contributed by atoms with Crippen LogP contribution in [0.15, 0.2) is 22.7 Å². The molecular formula is C17H25BrFN. The average molecular weight is 342 g/mol. The molecule has 1 atom stereocenters. The van der Waals surface area contributed by atoms with Gasteiger partial charge in [0.05, 0.1) is 4.47 Å². The number of rotatable bonds is 6. The summed E-state index contributed by atoms with van der Waals surface area (Å²) >= 11 is 3.42. The number of benzene rings is 1. The average Bonchev–Trinajstić information content (AvgIpc) is 2.48. The Morgan fingerprint density at radius 3 is 2.75 bits per heavy atom. The van der Waals surface area contributed by atoms with Crippen LogP contribution in [0.4, 0.5) is 4.39 Å². The van der Waals surface area contributed by atoms with E-state index in [-0.39, 0.29) is 11.9 Å². The second kappa shape index (κ2) is 8.14. The van der Waals surface area contributed by atoms with Crippen LogP contribution in [0, 0.1) is 11.7 Å². The maximum Gasteiger partial charge on any atom is 0.137 e. The Hall–Kier alpha value is -0.410. The Morgan fingerprint density at radius 2 is 2.05 bits per heavy atom. The summed E-state index contributed by atoms with van der Waals surface area (Å²) in [5.74, 6) is 0.628. The van der Waals surface area contributed by atoms with Crippen LogP contribution in [0.3, 0.4) is 0 Å². The van der Waals surface area contributed by atoms with Gasteiger partial charge in [0.1, 0.15) is 5.82 Å². The lowest BCUT2D eigenvalue weighted by Gasteiger charge is -2.28. The molecule has 2 rings (SSSR count). The SMILES string of the molecule is CCCNC(CC1CCCCC1)c1cccc(F)c1Br. The Morgan fingerprint density at radius 1 is 1.30 bits per heavy atom. The Labute approximate surface area is 130 Å². The molecule has 1 N–H and O–H groups in total. The second-order valence-electron chi connectivity index (χ2n) is 5.89. The third-order valence-corrected chi connectivity index (χ3v) is 5.13. The van der Waals surface area contributed by atoms with Gasteiger partial charge in [-0.05, 0) is 52.9 Å². The molecule has 1 unspecified atom stereocenters. The standard InChI is InChI=1S/C17H25BrFN/c1-2-11-20-16(12-13-7-4-3-5-8-13)14-9-6-10-15(19)17(14)18/h6,9-10,13,16,20H,2-5,7-8,11-12H2,1H3. The van der Waals surface area contributed by atoms with Crippen LogP contribution in [0.5, 0.6) is 0 Å². The summed E-state index contributed by atoms with van der Waals surface area (Å²) in [6, 6.07) is 5.65. The lowest BCUT2D eigenvalue weighted by atomic mass is 9.83. The first-order valence-corrected chi connectivity index (χ1v) is 8.69. The van der Waals surface area contributed by atoms with E-state index >= 15 is 0 Å². The molecule has 1 saturated carbocycles. The maximum atomic E-state index is 13.8. The van der Waals surface area contributed by atoms with Gasteiger partial charge in [-0.25, -0.2) is 4.39 Å². The van der Waals surface area contributed by atoms with Crippen LogP contribution in [0.1, 0.15) is 63.5 Å². The van der Waals surface area contributed by atoms with E-state index in [9.17, 15) is 4.39 Å². The van der Waals surface area contributed by atoms with Gasteiger partial charge in [0.2, 0.25) is 0 Å². The summed E-state index contributed by atoms with van der Waals surface area (Å²) in [5, 5.41) is 3.60. The van der Waals surface area contributed by atoms with Gasteiger partial charge in [-0.2, -0.15) is 0 Å². The van der Waals surface area contributed by atoms with Crippen molar-refractivity contribution in [3.05, 3.63) is 34.1 Å². The van der Waals surface area contributed by atoms with E-state index in [4.69, 9.17) is 0 Å². The zero-order valence-corrected chi connectivity index (χ0v) is 13.9. The van der Waals surface area contributed by atoms with Crippen LogP contribution in [-0.2, 0) is 0 Å². The summed E-state index contributed by atoms with van der Waals surface area (Å²) in [7, 11) is 0. The molecule has 1 aliphatic rings. The molecule has 0 heterocycles. The summed E-state index contributed by atoms with van der Waals surface area (Å²) in [6.07, 6.45) is 8.99. The predicted octanol–water partition coefficient (Wildman–Crippen LogP) is 5.60. The molecule has 0 bridgehead atoms. The molecule has 1 fully saturated rings. The van der Waals surface area contributed by atoms with E-state index < -0.39 is 0 Å². The zero-order chi connectivity index (χ0) is 14.4. The molecule has 20 heavy (non-hydrogen) atoms. The molecule has 1 aromatic carbocycles. The van der Waals surface area contributed by atoms with Crippen molar-refractivity contribution in [1.29, 1.82) is 0 Å². The molecule has 3 heteroatoms. The van der Waals surface area contributed by atoms with Crippen molar-refractivity contribution in [2.24, 2.45) is 5.92 Å². The molecule has 1 nitrogen and oxygen atoms in total. The topological polar surface area (TPSA) is 12.0 Å². The van der Waals surface area contributed by atoms with E-state index in [0.717, 1.165) is 30.9 Å². The highest BCUT2D eigenvalue weighted by molar-refractivity contribution is 9.10. The Kier molecular flexibility index (Phi) is 6.50. The highest BCUT2D eigenvalue weighted by Gasteiger charge is 2.22. The molecule has 1 aromatic rings. The van der Waals surface area contributed by atoms with Crippen LogP contribution in [0.2, 0.25) is 0 Å². The number of hydrogen-bond acceptors (Lipinski definition) is 1. The van der Waals surface area contributed by atoms with Gasteiger partial charge < -0.3 is 5.32 Å². The van der Waals surface area contributed by atoms with Crippen molar-refractivity contribution in [1.82, 2.24) is 5.32 Å². The van der Waals surface area contributed by atoms with E-state index in [1.165, 1.54) is 38.2 Å². The minimum absolute atomic E-state index is 0.158. The van der Waals surface area contributed by atoms with Crippen LogP contribution in [-0.4, -0.2) is 6.54 Å². The molecule has 0 amide bonds. The summed E-state index contributed by atoms with van der Waals surface area (Å²) < 4.78 is 14.4. The lowest BCUT2D eigenvalue weighted by Crippen LogP contribution is -2.25. The van der Waals surface area contributed by atoms with Crippen molar-refractivity contribution in [2.45, 2.75) is 57.9 Å². The highest BCUT2D eigenvalue weighted by Crippen LogP contribution is 2.35. The monoisotopic (exact) mass is 341 g/mol. The summed E-state index contributed by atoms with van der Waals surface area (Å²) in [4.78, 5) is 0. The van der Waals surface area contributed by atoms with Gasteiger partial charge in [0.25, 0.3) is 0 Å². The number of nitrogens with one attached hydrogen (secondary N) is 1. The smallest absolute Gasteiger partial charge is 0.137 e. The molecular weight excluding hydrogens is 317 g/mol. The van der Waals surface area contributed by atoms with E-state index in [0.29, 0.717) is 4.47 Å². The first kappa shape index (κ1) is 16.0. The molecule has 0 radical (unpaired) electrons. The van der Waals surface area contributed by atoms with E-state index in [1.807, 2.05) is 12.1 Å². The largest absolute Gasteiger partial charge is 0.310 e. The van der Waals surface area contributed by atoms with Crippen LogP contribution >= 0.6 is 15.9 Å². The third-order valence-electron chi connectivity index (χ3n) is 4.29. The Bertz CT molecular complexity index is 415. The van der Waals surface area contributed by atoms with Crippen molar-refractivity contribution in [2.75, 3.05) is 6.54 Å². The van der Waals surface area contributed by atoms with Crippen LogP contribution in [0.25, 0.3) is 0 Å². The van der Waals surface area contributed by atoms with Gasteiger partial charge >= 0.3 is 0 Å². The molecule has 0 aromatic heterocycles. The molecule has 0 spiro atoms. The quantitative estimate of drug-likeness (QED) is 0.710. The van der Waals surface area contributed by atoms with Crippen molar-refractivity contribution in [3.63, 3.8) is 0 Å². The molecule has 1 aliphatic carbocycles. The fraction of sp³-hybridized carbons (Fsp3) is 0.647. The van der Waals surface area contributed by atoms with Gasteiger partial charge in [-0.15, -0.1) is 0 Å². The first-order valence-electron chi connectivity index (χ1n) is 7.89. The third kappa shape index (κ3) is 4.29. The van der Waals surface area contributed by atoms with Crippen molar-refractivity contribution >= 4 is 15.9 Å². The van der Waals surface area contributed by atoms with E-state index in [2.05, 4.69) is 28.2 Å². The maximum absolute atomic E-state index is 13.8. The second-order valence-corrected chi connectivity index (χ2v) is 6.68. The van der Waals surface area contributed by atoms with Gasteiger partial charge in [0.15, 0.2) is 0 Å². The highest BCUT2D eigenvalue weighted by atomic mass is 79.9. The van der Waals surface area contributed by atoms with Gasteiger partial charge in [-0.3, -0.25) is 0 Å². The Balaban J connectivity index is 2.11. The minimum atomic E-state index is -0.158. The van der Waals surface area contributed by atoms with Crippen molar-refractivity contribution < 1.29 is 4.39 Å². The number of halogens is 2. The van der Waals surface area contributed by atoms with Crippen LogP contribution < -0.4 is 5.32 Å². The summed E-state index contributed by atoms with van der Waals surface area (Å²) in [6.45, 7) is 3.16. The zero-order valence-electron chi connectivity index (χ0n) is 12.3. The lowest BCUT2D eigenvalue weighted by molar-refractivity contribution is 0.299. The molecule has 0 aliphatic heterocycles. The fourth-order valence-corrected chi connectivity index (χ4v) is 3.73. The predicted molar refractivity (Wildman–Crippen MR) is 86.3 cm³/mol. The molecule has 0 saturated heterocycles. The van der Waals surface area contributed by atoms with E-state index in [1.54, 1.807) is 0 Å².